The van der Waals surface area contributed by atoms with Crippen LogP contribution in [0.3, 0.4) is 0 Å². The average Bonchev–Trinajstić information content (AvgIpc) is 2.92. The van der Waals surface area contributed by atoms with Gasteiger partial charge in [0.05, 0.1) is 0 Å². The molecule has 0 radical (unpaired) electrons. The van der Waals surface area contributed by atoms with Crippen molar-refractivity contribution >= 4 is 11.8 Å². The van der Waals surface area contributed by atoms with Gasteiger partial charge in [-0.25, -0.2) is 0 Å². The Bertz CT molecular complexity index is 732. The normalized spacial score (nSPS) is 47.7. The number of hydrogen-bond acceptors (Lipinski definition) is 3. The fraction of sp³-hybridized carbons (Fsp3) is 0.750. The largest absolute Gasteiger partial charge is 0.462 e. The quantitative estimate of drug-likeness (QED) is 0.592. The molecule has 4 aliphatic carbocycles. The molecular weight excluding hydrogens is 336 g/mol. The van der Waals surface area contributed by atoms with Gasteiger partial charge in [0.1, 0.15) is 6.10 Å². The van der Waals surface area contributed by atoms with Crippen LogP contribution >= 0.6 is 0 Å². The standard InChI is InChI=1S/C24H34O3/c1-6-16-12-18-19-7-8-22(27-15(3)25)23(19,4)10-9-20(18)24(5)14(2)11-17(26)13-21(16)24/h6,13-14,18-20,22H,7-12H2,1-5H3/t14-,18+,19+,20+,22+,23+,24-/m1/s1. The maximum absolute atomic E-state index is 12.3. The highest BCUT2D eigenvalue weighted by Gasteiger charge is 2.61. The first-order chi connectivity index (χ1) is 12.7. The molecule has 27 heavy (non-hydrogen) atoms. The number of esters is 1. The van der Waals surface area contributed by atoms with Crippen molar-refractivity contribution in [3.63, 3.8) is 0 Å². The zero-order valence-corrected chi connectivity index (χ0v) is 17.5. The molecule has 0 unspecified atom stereocenters. The Morgan fingerprint density at radius 2 is 1.93 bits per heavy atom. The van der Waals surface area contributed by atoms with E-state index in [0.717, 1.165) is 25.7 Å². The summed E-state index contributed by atoms with van der Waals surface area (Å²) in [7, 11) is 0. The van der Waals surface area contributed by atoms with Crippen LogP contribution in [-0.2, 0) is 14.3 Å². The SMILES string of the molecule is CC=C1C[C@H]2[C@@H]3CC[C@H](OC(C)=O)[C@@]3(C)CC[C@@H]2[C@]2(C)C1=CC(=O)C[C@H]2C. The predicted octanol–water partition coefficient (Wildman–Crippen LogP) is 5.25. The first-order valence-electron chi connectivity index (χ1n) is 10.8. The number of carbonyl (C=O) groups excluding carboxylic acids is 2. The van der Waals surface area contributed by atoms with Gasteiger partial charge in [0.15, 0.2) is 5.78 Å². The maximum Gasteiger partial charge on any atom is 0.302 e. The molecule has 148 valence electrons. The topological polar surface area (TPSA) is 43.4 Å². The van der Waals surface area contributed by atoms with Crippen LogP contribution in [0.25, 0.3) is 0 Å². The zero-order valence-electron chi connectivity index (χ0n) is 17.5. The number of carbonyl (C=O) groups is 2. The van der Waals surface area contributed by atoms with Gasteiger partial charge in [-0.3, -0.25) is 9.59 Å². The summed E-state index contributed by atoms with van der Waals surface area (Å²) in [6.45, 7) is 10.7. The third-order valence-corrected chi connectivity index (χ3v) is 9.00. The van der Waals surface area contributed by atoms with Crippen LogP contribution in [-0.4, -0.2) is 17.9 Å². The van der Waals surface area contributed by atoms with Gasteiger partial charge < -0.3 is 4.74 Å². The van der Waals surface area contributed by atoms with Crippen LogP contribution in [0.15, 0.2) is 23.3 Å². The Morgan fingerprint density at radius 3 is 2.59 bits per heavy atom. The lowest BCUT2D eigenvalue weighted by Gasteiger charge is -2.60. The van der Waals surface area contributed by atoms with Gasteiger partial charge in [-0.1, -0.05) is 26.8 Å². The van der Waals surface area contributed by atoms with Gasteiger partial charge in [-0.2, -0.15) is 0 Å². The van der Waals surface area contributed by atoms with Crippen LogP contribution < -0.4 is 0 Å². The predicted molar refractivity (Wildman–Crippen MR) is 106 cm³/mol. The Kier molecular flexibility index (Phi) is 4.44. The Balaban J connectivity index is 1.73. The monoisotopic (exact) mass is 370 g/mol. The van der Waals surface area contributed by atoms with E-state index in [1.54, 1.807) is 6.92 Å². The highest BCUT2D eigenvalue weighted by molar-refractivity contribution is 5.93. The molecule has 0 aromatic carbocycles. The number of fused-ring (bicyclic) bond motifs is 5. The van der Waals surface area contributed by atoms with Crippen LogP contribution in [0, 0.1) is 34.5 Å². The van der Waals surface area contributed by atoms with Gasteiger partial charge in [-0.15, -0.1) is 0 Å². The minimum absolute atomic E-state index is 0.0742. The number of ketones is 1. The molecule has 0 spiro atoms. The van der Waals surface area contributed by atoms with Gasteiger partial charge in [0.25, 0.3) is 0 Å². The zero-order chi connectivity index (χ0) is 19.6. The lowest BCUT2D eigenvalue weighted by atomic mass is 9.44. The summed E-state index contributed by atoms with van der Waals surface area (Å²) in [6, 6.07) is 0. The Hall–Kier alpha value is -1.38. The summed E-state index contributed by atoms with van der Waals surface area (Å²) in [6.07, 6.45) is 10.5. The van der Waals surface area contributed by atoms with Crippen LogP contribution in [0.2, 0.25) is 0 Å². The summed E-state index contributed by atoms with van der Waals surface area (Å²) in [5.74, 6) is 2.42. The first-order valence-corrected chi connectivity index (χ1v) is 10.8. The lowest BCUT2D eigenvalue weighted by molar-refractivity contribution is -0.157. The maximum atomic E-state index is 12.3. The first kappa shape index (κ1) is 19.0. The summed E-state index contributed by atoms with van der Waals surface area (Å²) in [5, 5.41) is 0. The molecule has 0 bridgehead atoms. The van der Waals surface area contributed by atoms with Gasteiger partial charge in [-0.05, 0) is 85.3 Å². The van der Waals surface area contributed by atoms with E-state index in [4.69, 9.17) is 4.74 Å². The third kappa shape index (κ3) is 2.60. The molecule has 3 nitrogen and oxygen atoms in total. The molecule has 3 heteroatoms. The number of allylic oxidation sites excluding steroid dienone is 3. The van der Waals surface area contributed by atoms with E-state index in [-0.39, 0.29) is 22.9 Å². The highest BCUT2D eigenvalue weighted by Crippen LogP contribution is 2.67. The fourth-order valence-electron chi connectivity index (χ4n) is 7.46. The van der Waals surface area contributed by atoms with Crippen molar-refractivity contribution in [2.24, 2.45) is 34.5 Å². The van der Waals surface area contributed by atoms with E-state index in [0.29, 0.717) is 35.9 Å². The molecule has 4 aliphatic rings. The van der Waals surface area contributed by atoms with Crippen molar-refractivity contribution in [1.82, 2.24) is 0 Å². The summed E-state index contributed by atoms with van der Waals surface area (Å²) in [4.78, 5) is 24.0. The van der Waals surface area contributed by atoms with Crippen LogP contribution in [0.1, 0.15) is 73.1 Å². The highest BCUT2D eigenvalue weighted by atomic mass is 16.5. The van der Waals surface area contributed by atoms with Gasteiger partial charge in [0.2, 0.25) is 0 Å². The number of rotatable bonds is 1. The second kappa shape index (κ2) is 6.32. The molecule has 3 fully saturated rings. The number of ether oxygens (including phenoxy) is 1. The van der Waals surface area contributed by atoms with Crippen LogP contribution in [0.5, 0.6) is 0 Å². The average molecular weight is 371 g/mol. The molecule has 0 aromatic heterocycles. The Labute approximate surface area is 163 Å². The van der Waals surface area contributed by atoms with Crippen molar-refractivity contribution in [2.45, 2.75) is 79.2 Å². The van der Waals surface area contributed by atoms with Crippen molar-refractivity contribution in [2.75, 3.05) is 0 Å². The molecule has 7 atom stereocenters. The smallest absolute Gasteiger partial charge is 0.302 e. The molecule has 4 rings (SSSR count). The lowest BCUT2D eigenvalue weighted by Crippen LogP contribution is -2.54. The fourth-order valence-corrected chi connectivity index (χ4v) is 7.46. The molecular formula is C24H34O3. The summed E-state index contributed by atoms with van der Waals surface area (Å²) < 4.78 is 5.77. The van der Waals surface area contributed by atoms with Crippen molar-refractivity contribution in [1.29, 1.82) is 0 Å². The minimum Gasteiger partial charge on any atom is -0.462 e. The van der Waals surface area contributed by atoms with Crippen LogP contribution in [0.4, 0.5) is 0 Å². The van der Waals surface area contributed by atoms with Crippen molar-refractivity contribution in [3.05, 3.63) is 23.3 Å². The minimum atomic E-state index is -0.140. The molecule has 0 amide bonds. The molecule has 3 saturated carbocycles. The van der Waals surface area contributed by atoms with E-state index >= 15 is 0 Å². The molecule has 0 aliphatic heterocycles. The van der Waals surface area contributed by atoms with E-state index in [9.17, 15) is 9.59 Å². The number of hydrogen-bond donors (Lipinski definition) is 0. The van der Waals surface area contributed by atoms with E-state index < -0.39 is 0 Å². The summed E-state index contributed by atoms with van der Waals surface area (Å²) in [5.41, 5.74) is 2.92. The van der Waals surface area contributed by atoms with E-state index in [2.05, 4.69) is 33.8 Å². The van der Waals surface area contributed by atoms with Crippen molar-refractivity contribution in [3.8, 4) is 0 Å². The van der Waals surface area contributed by atoms with Crippen molar-refractivity contribution < 1.29 is 14.3 Å². The molecule has 0 N–H and O–H groups in total. The second-order valence-electron chi connectivity index (χ2n) is 10.0. The third-order valence-electron chi connectivity index (χ3n) is 9.00. The summed E-state index contributed by atoms with van der Waals surface area (Å²) >= 11 is 0. The van der Waals surface area contributed by atoms with Gasteiger partial charge >= 0.3 is 5.97 Å². The second-order valence-corrected chi connectivity index (χ2v) is 10.0. The molecule has 0 aromatic rings. The van der Waals surface area contributed by atoms with Gasteiger partial charge in [0, 0.05) is 18.8 Å². The molecule has 0 saturated heterocycles. The van der Waals surface area contributed by atoms with E-state index in [1.807, 2.05) is 6.08 Å². The Morgan fingerprint density at radius 1 is 1.19 bits per heavy atom. The van der Waals surface area contributed by atoms with E-state index in [1.165, 1.54) is 17.6 Å². The molecule has 0 heterocycles.